The Kier molecular flexibility index (Phi) is 4.38. The molecule has 0 aliphatic rings. The first-order chi connectivity index (χ1) is 9.11. The SMILES string of the molecule is CCc1cccc(C)c1NC(=O)c1ccc(Br)cc1. The Morgan fingerprint density at radius 1 is 1.16 bits per heavy atom. The molecule has 0 aliphatic heterocycles. The van der Waals surface area contributed by atoms with Crippen LogP contribution in [0, 0.1) is 6.92 Å². The van der Waals surface area contributed by atoms with E-state index in [0.717, 1.165) is 27.7 Å². The van der Waals surface area contributed by atoms with Crippen molar-refractivity contribution in [3.8, 4) is 0 Å². The van der Waals surface area contributed by atoms with Crippen molar-refractivity contribution < 1.29 is 4.79 Å². The van der Waals surface area contributed by atoms with E-state index in [4.69, 9.17) is 0 Å². The van der Waals surface area contributed by atoms with Crippen molar-refractivity contribution in [2.45, 2.75) is 20.3 Å². The summed E-state index contributed by atoms with van der Waals surface area (Å²) in [7, 11) is 0. The van der Waals surface area contributed by atoms with Crippen molar-refractivity contribution in [1.82, 2.24) is 0 Å². The number of halogens is 1. The van der Waals surface area contributed by atoms with Gasteiger partial charge in [-0.1, -0.05) is 41.1 Å². The highest BCUT2D eigenvalue weighted by molar-refractivity contribution is 9.10. The second kappa shape index (κ2) is 6.02. The van der Waals surface area contributed by atoms with Crippen molar-refractivity contribution in [1.29, 1.82) is 0 Å². The van der Waals surface area contributed by atoms with Crippen LogP contribution >= 0.6 is 15.9 Å². The molecule has 0 saturated carbocycles. The molecule has 0 unspecified atom stereocenters. The molecule has 0 fully saturated rings. The summed E-state index contributed by atoms with van der Waals surface area (Å²) < 4.78 is 0.967. The minimum atomic E-state index is -0.0727. The van der Waals surface area contributed by atoms with Gasteiger partial charge in [-0.05, 0) is 48.7 Å². The fraction of sp³-hybridized carbons (Fsp3) is 0.188. The van der Waals surface area contributed by atoms with Crippen LogP contribution < -0.4 is 5.32 Å². The molecule has 98 valence electrons. The molecule has 3 heteroatoms. The average molecular weight is 318 g/mol. The first-order valence-electron chi connectivity index (χ1n) is 6.27. The maximum absolute atomic E-state index is 12.2. The van der Waals surface area contributed by atoms with Crippen LogP contribution in [-0.2, 0) is 6.42 Å². The summed E-state index contributed by atoms with van der Waals surface area (Å²) in [5, 5.41) is 3.01. The van der Waals surface area contributed by atoms with E-state index in [1.165, 1.54) is 0 Å². The standard InChI is InChI=1S/C16H16BrNO/c1-3-12-6-4-5-11(2)15(12)18-16(19)13-7-9-14(17)10-8-13/h4-10H,3H2,1-2H3,(H,18,19). The fourth-order valence-corrected chi connectivity index (χ4v) is 2.25. The first-order valence-corrected chi connectivity index (χ1v) is 7.06. The Morgan fingerprint density at radius 3 is 2.47 bits per heavy atom. The summed E-state index contributed by atoms with van der Waals surface area (Å²) in [6.45, 7) is 4.10. The van der Waals surface area contributed by atoms with Gasteiger partial charge in [0.2, 0.25) is 0 Å². The predicted molar refractivity (Wildman–Crippen MR) is 82.7 cm³/mol. The van der Waals surface area contributed by atoms with E-state index >= 15 is 0 Å². The second-order valence-corrected chi connectivity index (χ2v) is 5.34. The Labute approximate surface area is 122 Å². The van der Waals surface area contributed by atoms with Crippen LogP contribution in [0.15, 0.2) is 46.9 Å². The maximum Gasteiger partial charge on any atom is 0.255 e. The number of aryl methyl sites for hydroxylation is 2. The molecule has 0 aliphatic carbocycles. The number of nitrogens with one attached hydrogen (secondary N) is 1. The number of carbonyl (C=O) groups excluding carboxylic acids is 1. The highest BCUT2D eigenvalue weighted by Gasteiger charge is 2.10. The van der Waals surface area contributed by atoms with Gasteiger partial charge in [-0.3, -0.25) is 4.79 Å². The van der Waals surface area contributed by atoms with Crippen LogP contribution in [0.5, 0.6) is 0 Å². The highest BCUT2D eigenvalue weighted by atomic mass is 79.9. The number of benzene rings is 2. The molecule has 2 nitrogen and oxygen atoms in total. The van der Waals surface area contributed by atoms with E-state index in [1.807, 2.05) is 49.4 Å². The van der Waals surface area contributed by atoms with Gasteiger partial charge in [0.25, 0.3) is 5.91 Å². The minimum Gasteiger partial charge on any atom is -0.321 e. The number of amides is 1. The van der Waals surface area contributed by atoms with Crippen LogP contribution in [-0.4, -0.2) is 5.91 Å². The van der Waals surface area contributed by atoms with Gasteiger partial charge in [0.15, 0.2) is 0 Å². The Hall–Kier alpha value is -1.61. The minimum absolute atomic E-state index is 0.0727. The maximum atomic E-state index is 12.2. The summed E-state index contributed by atoms with van der Waals surface area (Å²) in [4.78, 5) is 12.2. The molecule has 2 aromatic carbocycles. The molecule has 0 spiro atoms. The number of hydrogen-bond acceptors (Lipinski definition) is 1. The van der Waals surface area contributed by atoms with Gasteiger partial charge in [-0.15, -0.1) is 0 Å². The van der Waals surface area contributed by atoms with Gasteiger partial charge in [-0.2, -0.15) is 0 Å². The molecule has 2 rings (SSSR count). The molecule has 0 atom stereocenters. The van der Waals surface area contributed by atoms with E-state index < -0.39 is 0 Å². The van der Waals surface area contributed by atoms with Crippen LogP contribution in [0.25, 0.3) is 0 Å². The van der Waals surface area contributed by atoms with E-state index in [1.54, 1.807) is 0 Å². The lowest BCUT2D eigenvalue weighted by Crippen LogP contribution is -2.14. The number of para-hydroxylation sites is 1. The van der Waals surface area contributed by atoms with E-state index in [0.29, 0.717) is 5.56 Å². The smallest absolute Gasteiger partial charge is 0.255 e. The van der Waals surface area contributed by atoms with Crippen LogP contribution in [0.2, 0.25) is 0 Å². The monoisotopic (exact) mass is 317 g/mol. The number of rotatable bonds is 3. The highest BCUT2D eigenvalue weighted by Crippen LogP contribution is 2.22. The fourth-order valence-electron chi connectivity index (χ4n) is 1.99. The Morgan fingerprint density at radius 2 is 1.84 bits per heavy atom. The summed E-state index contributed by atoms with van der Waals surface area (Å²) in [5.41, 5.74) is 3.83. The third kappa shape index (κ3) is 3.24. The van der Waals surface area contributed by atoms with Crippen molar-refractivity contribution in [2.24, 2.45) is 0 Å². The number of hydrogen-bond donors (Lipinski definition) is 1. The van der Waals surface area contributed by atoms with Crippen LogP contribution in [0.1, 0.15) is 28.4 Å². The van der Waals surface area contributed by atoms with Gasteiger partial charge < -0.3 is 5.32 Å². The van der Waals surface area contributed by atoms with E-state index in [9.17, 15) is 4.79 Å². The van der Waals surface area contributed by atoms with Gasteiger partial charge in [0, 0.05) is 15.7 Å². The van der Waals surface area contributed by atoms with E-state index in [-0.39, 0.29) is 5.91 Å². The largest absolute Gasteiger partial charge is 0.321 e. The van der Waals surface area contributed by atoms with Crippen molar-refractivity contribution in [3.63, 3.8) is 0 Å². The molecule has 0 radical (unpaired) electrons. The molecular weight excluding hydrogens is 302 g/mol. The molecule has 0 saturated heterocycles. The summed E-state index contributed by atoms with van der Waals surface area (Å²) in [6.07, 6.45) is 0.900. The Balaban J connectivity index is 2.26. The van der Waals surface area contributed by atoms with Crippen molar-refractivity contribution in [2.75, 3.05) is 5.32 Å². The van der Waals surface area contributed by atoms with Crippen LogP contribution in [0.4, 0.5) is 5.69 Å². The first kappa shape index (κ1) is 13.8. The van der Waals surface area contributed by atoms with Crippen LogP contribution in [0.3, 0.4) is 0 Å². The molecular formula is C16H16BrNO. The van der Waals surface area contributed by atoms with Crippen molar-refractivity contribution in [3.05, 3.63) is 63.6 Å². The Bertz CT molecular complexity index is 590. The lowest BCUT2D eigenvalue weighted by atomic mass is 10.1. The van der Waals surface area contributed by atoms with Crippen molar-refractivity contribution >= 4 is 27.5 Å². The summed E-state index contributed by atoms with van der Waals surface area (Å²) >= 11 is 3.36. The molecule has 0 bridgehead atoms. The third-order valence-electron chi connectivity index (χ3n) is 3.08. The average Bonchev–Trinajstić information content (AvgIpc) is 2.41. The normalized spacial score (nSPS) is 10.3. The van der Waals surface area contributed by atoms with Gasteiger partial charge in [0.05, 0.1) is 0 Å². The molecule has 1 N–H and O–H groups in total. The van der Waals surface area contributed by atoms with Gasteiger partial charge in [-0.25, -0.2) is 0 Å². The number of anilines is 1. The quantitative estimate of drug-likeness (QED) is 0.882. The predicted octanol–water partition coefficient (Wildman–Crippen LogP) is 4.57. The van der Waals surface area contributed by atoms with Gasteiger partial charge in [0.1, 0.15) is 0 Å². The molecule has 2 aromatic rings. The zero-order valence-electron chi connectivity index (χ0n) is 11.0. The summed E-state index contributed by atoms with van der Waals surface area (Å²) in [6, 6.07) is 13.4. The van der Waals surface area contributed by atoms with E-state index in [2.05, 4.69) is 28.2 Å². The molecule has 1 amide bonds. The molecule has 0 aromatic heterocycles. The topological polar surface area (TPSA) is 29.1 Å². The lowest BCUT2D eigenvalue weighted by Gasteiger charge is -2.13. The summed E-state index contributed by atoms with van der Waals surface area (Å²) in [5.74, 6) is -0.0727. The number of carbonyl (C=O) groups is 1. The second-order valence-electron chi connectivity index (χ2n) is 4.42. The van der Waals surface area contributed by atoms with Gasteiger partial charge >= 0.3 is 0 Å². The molecule has 19 heavy (non-hydrogen) atoms. The third-order valence-corrected chi connectivity index (χ3v) is 3.61. The zero-order chi connectivity index (χ0) is 13.8. The zero-order valence-corrected chi connectivity index (χ0v) is 12.6. The lowest BCUT2D eigenvalue weighted by molar-refractivity contribution is 0.102. The molecule has 0 heterocycles.